The fourth-order valence-electron chi connectivity index (χ4n) is 6.43. The van der Waals surface area contributed by atoms with Crippen LogP contribution in [0.3, 0.4) is 0 Å². The number of hydrogen-bond acceptors (Lipinski definition) is 3. The highest BCUT2D eigenvalue weighted by Gasteiger charge is 2.84. The Morgan fingerprint density at radius 3 is 2.69 bits per heavy atom. The predicted octanol–water partition coefficient (Wildman–Crippen LogP) is 0.875. The zero-order valence-electron chi connectivity index (χ0n) is 9.13. The molecular formula is C13H14O3. The third kappa shape index (κ3) is 0.554. The van der Waals surface area contributed by atoms with Gasteiger partial charge in [0.2, 0.25) is 0 Å². The zero-order valence-corrected chi connectivity index (χ0v) is 9.13. The van der Waals surface area contributed by atoms with Crippen molar-refractivity contribution in [3.8, 4) is 0 Å². The molecule has 0 amide bonds. The van der Waals surface area contributed by atoms with E-state index in [1.54, 1.807) is 0 Å². The van der Waals surface area contributed by atoms with E-state index in [2.05, 4.69) is 0 Å². The first-order valence-electron chi connectivity index (χ1n) is 6.41. The molecule has 0 radical (unpaired) electrons. The fraction of sp³-hybridized carbons (Fsp3) is 0.846. The molecule has 16 heavy (non-hydrogen) atoms. The third-order valence-corrected chi connectivity index (χ3v) is 6.34. The van der Waals surface area contributed by atoms with Gasteiger partial charge >= 0.3 is 5.97 Å². The number of hydrogen-bond donors (Lipinski definition) is 0. The zero-order chi connectivity index (χ0) is 10.8. The van der Waals surface area contributed by atoms with Crippen molar-refractivity contribution in [1.82, 2.24) is 0 Å². The topological polar surface area (TPSA) is 43.4 Å². The van der Waals surface area contributed by atoms with Crippen LogP contribution in [0.5, 0.6) is 0 Å². The van der Waals surface area contributed by atoms with E-state index in [1.807, 2.05) is 0 Å². The lowest BCUT2D eigenvalue weighted by Gasteiger charge is -2.45. The van der Waals surface area contributed by atoms with Crippen LogP contribution in [-0.2, 0) is 14.3 Å². The van der Waals surface area contributed by atoms with Gasteiger partial charge in [0.25, 0.3) is 0 Å². The second-order valence-corrected chi connectivity index (χ2v) is 6.40. The molecule has 3 heteroatoms. The quantitative estimate of drug-likeness (QED) is 0.613. The monoisotopic (exact) mass is 218 g/mol. The fourth-order valence-corrected chi connectivity index (χ4v) is 6.43. The number of rotatable bonds is 1. The van der Waals surface area contributed by atoms with Gasteiger partial charge in [0, 0.05) is 30.6 Å². The van der Waals surface area contributed by atoms with E-state index in [0.717, 1.165) is 11.8 Å². The van der Waals surface area contributed by atoms with Crippen LogP contribution in [0.25, 0.3) is 0 Å². The van der Waals surface area contributed by atoms with E-state index in [4.69, 9.17) is 4.74 Å². The molecule has 5 aliphatic carbocycles. The first-order valence-corrected chi connectivity index (χ1v) is 6.41. The molecule has 3 nitrogen and oxygen atoms in total. The minimum Gasteiger partial charge on any atom is -0.462 e. The van der Waals surface area contributed by atoms with E-state index in [1.165, 1.54) is 13.3 Å². The molecule has 0 spiro atoms. The second kappa shape index (κ2) is 2.09. The summed E-state index contributed by atoms with van der Waals surface area (Å²) >= 11 is 0. The van der Waals surface area contributed by atoms with Crippen LogP contribution in [0.2, 0.25) is 0 Å². The van der Waals surface area contributed by atoms with E-state index >= 15 is 0 Å². The van der Waals surface area contributed by atoms with Gasteiger partial charge in [-0.25, -0.2) is 0 Å². The Bertz CT molecular complexity index is 442. The van der Waals surface area contributed by atoms with Gasteiger partial charge < -0.3 is 4.74 Å². The molecule has 5 rings (SSSR count). The molecule has 0 aliphatic heterocycles. The van der Waals surface area contributed by atoms with Gasteiger partial charge in [0.15, 0.2) is 0 Å². The van der Waals surface area contributed by atoms with Crippen molar-refractivity contribution in [2.75, 3.05) is 0 Å². The van der Waals surface area contributed by atoms with Crippen molar-refractivity contribution in [2.45, 2.75) is 19.4 Å². The van der Waals surface area contributed by atoms with Gasteiger partial charge in [-0.1, -0.05) is 0 Å². The summed E-state index contributed by atoms with van der Waals surface area (Å²) < 4.78 is 5.53. The molecule has 0 saturated heterocycles. The molecule has 9 atom stereocenters. The van der Waals surface area contributed by atoms with E-state index < -0.39 is 0 Å². The minimum atomic E-state index is -0.162. The Kier molecular flexibility index (Phi) is 1.08. The first kappa shape index (κ1) is 8.26. The van der Waals surface area contributed by atoms with Crippen LogP contribution >= 0.6 is 0 Å². The minimum absolute atomic E-state index is 0.101. The van der Waals surface area contributed by atoms with Gasteiger partial charge in [-0.15, -0.1) is 0 Å². The highest BCUT2D eigenvalue weighted by atomic mass is 16.5. The van der Waals surface area contributed by atoms with Crippen LogP contribution in [-0.4, -0.2) is 17.9 Å². The average molecular weight is 218 g/mol. The number of ether oxygens (including phenoxy) is 1. The van der Waals surface area contributed by atoms with Crippen LogP contribution < -0.4 is 0 Å². The van der Waals surface area contributed by atoms with Gasteiger partial charge in [-0.2, -0.15) is 0 Å². The Morgan fingerprint density at radius 1 is 1.12 bits per heavy atom. The number of carbonyl (C=O) groups is 2. The van der Waals surface area contributed by atoms with Crippen molar-refractivity contribution in [1.29, 1.82) is 0 Å². The molecule has 2 bridgehead atoms. The number of esters is 1. The summed E-state index contributed by atoms with van der Waals surface area (Å²) in [7, 11) is 0. The van der Waals surface area contributed by atoms with E-state index in [-0.39, 0.29) is 23.9 Å². The molecule has 9 unspecified atom stereocenters. The Labute approximate surface area is 93.5 Å². The van der Waals surface area contributed by atoms with Crippen molar-refractivity contribution < 1.29 is 14.3 Å². The van der Waals surface area contributed by atoms with E-state index in [9.17, 15) is 9.59 Å². The highest BCUT2D eigenvalue weighted by Crippen LogP contribution is 2.82. The predicted molar refractivity (Wildman–Crippen MR) is 53.1 cm³/mol. The Hall–Kier alpha value is -0.860. The Morgan fingerprint density at radius 2 is 1.94 bits per heavy atom. The molecule has 5 saturated carbocycles. The van der Waals surface area contributed by atoms with Crippen LogP contribution in [0, 0.1) is 47.3 Å². The van der Waals surface area contributed by atoms with Gasteiger partial charge in [-0.3, -0.25) is 9.59 Å². The second-order valence-electron chi connectivity index (χ2n) is 6.40. The molecule has 0 N–H and O–H groups in total. The SMILES string of the molecule is CC(=O)OC1C2C3CC4C2C(=O)C2C4C3C12. The normalized spacial score (nSPS) is 66.6. The number of fused-ring (bicyclic) bond motifs is 2. The average Bonchev–Trinajstić information content (AvgIpc) is 2.66. The third-order valence-electron chi connectivity index (χ3n) is 6.34. The van der Waals surface area contributed by atoms with Gasteiger partial charge in [0.05, 0.1) is 0 Å². The lowest BCUT2D eigenvalue weighted by Crippen LogP contribution is -2.51. The summed E-state index contributed by atoms with van der Waals surface area (Å²) in [5, 5.41) is 0. The van der Waals surface area contributed by atoms with Crippen molar-refractivity contribution in [3.63, 3.8) is 0 Å². The molecule has 0 aromatic rings. The molecule has 0 aromatic carbocycles. The number of ketones is 1. The number of carbonyl (C=O) groups excluding carboxylic acids is 2. The van der Waals surface area contributed by atoms with Crippen molar-refractivity contribution in [2.24, 2.45) is 47.3 Å². The van der Waals surface area contributed by atoms with Gasteiger partial charge in [0.1, 0.15) is 11.9 Å². The smallest absolute Gasteiger partial charge is 0.302 e. The summed E-state index contributed by atoms with van der Waals surface area (Å²) in [5.41, 5.74) is 0. The molecule has 0 heterocycles. The summed E-state index contributed by atoms with van der Waals surface area (Å²) in [6.45, 7) is 1.50. The van der Waals surface area contributed by atoms with Crippen LogP contribution in [0.15, 0.2) is 0 Å². The van der Waals surface area contributed by atoms with Crippen molar-refractivity contribution >= 4 is 11.8 Å². The van der Waals surface area contributed by atoms with Crippen LogP contribution in [0.4, 0.5) is 0 Å². The maximum Gasteiger partial charge on any atom is 0.302 e. The van der Waals surface area contributed by atoms with Crippen molar-refractivity contribution in [3.05, 3.63) is 0 Å². The standard InChI is InChI=1S/C13H14O3/c1-3(14)16-13-9-5-2-4-6-7(5)11(13)10(6)12(15)8(4)9/h4-11,13H,2H2,1H3. The Balaban J connectivity index is 1.65. The van der Waals surface area contributed by atoms with Gasteiger partial charge in [-0.05, 0) is 30.1 Å². The first-order chi connectivity index (χ1) is 7.70. The summed E-state index contributed by atoms with van der Waals surface area (Å²) in [4.78, 5) is 23.4. The van der Waals surface area contributed by atoms with E-state index in [0.29, 0.717) is 29.5 Å². The maximum atomic E-state index is 12.2. The lowest BCUT2D eigenvalue weighted by atomic mass is 9.59. The molecule has 5 aliphatic rings. The molecule has 84 valence electrons. The molecular weight excluding hydrogens is 204 g/mol. The van der Waals surface area contributed by atoms with Crippen LogP contribution in [0.1, 0.15) is 13.3 Å². The number of Topliss-reactive ketones (excluding diaryl/α,β-unsaturated/α-hetero) is 1. The highest BCUT2D eigenvalue weighted by molar-refractivity contribution is 5.91. The summed E-state index contributed by atoms with van der Waals surface area (Å²) in [6, 6.07) is 0. The lowest BCUT2D eigenvalue weighted by molar-refractivity contribution is -0.164. The molecule has 0 aromatic heterocycles. The largest absolute Gasteiger partial charge is 0.462 e. The molecule has 5 fully saturated rings. The summed E-state index contributed by atoms with van der Waals surface area (Å²) in [5.74, 6) is 4.59. The maximum absolute atomic E-state index is 12.2. The summed E-state index contributed by atoms with van der Waals surface area (Å²) in [6.07, 6.45) is 1.35.